The van der Waals surface area contributed by atoms with Gasteiger partial charge in [-0.25, -0.2) is 4.79 Å². The molecule has 0 unspecified atom stereocenters. The summed E-state index contributed by atoms with van der Waals surface area (Å²) in [5, 5.41) is 14.9. The molecule has 148 valence electrons. The summed E-state index contributed by atoms with van der Waals surface area (Å²) >= 11 is 5.81. The van der Waals surface area contributed by atoms with Crippen LogP contribution in [0.2, 0.25) is 5.02 Å². The smallest absolute Gasteiger partial charge is 0.349 e. The van der Waals surface area contributed by atoms with Crippen molar-refractivity contribution < 1.29 is 19.1 Å². The lowest BCUT2D eigenvalue weighted by Crippen LogP contribution is -2.30. The second-order valence-corrected chi connectivity index (χ2v) is 6.45. The lowest BCUT2D eigenvalue weighted by Gasteiger charge is -2.13. The summed E-state index contributed by atoms with van der Waals surface area (Å²) in [6, 6.07) is 14.7. The van der Waals surface area contributed by atoms with Crippen LogP contribution in [0.3, 0.4) is 0 Å². The van der Waals surface area contributed by atoms with Gasteiger partial charge in [-0.1, -0.05) is 23.7 Å². The first-order chi connectivity index (χ1) is 13.8. The summed E-state index contributed by atoms with van der Waals surface area (Å²) in [4.78, 5) is 35.5. The van der Waals surface area contributed by atoms with Crippen LogP contribution in [0.1, 0.15) is 19.4 Å². The van der Waals surface area contributed by atoms with Crippen molar-refractivity contribution in [2.75, 3.05) is 10.6 Å². The minimum Gasteiger partial charge on any atom is -0.448 e. The molecule has 2 aromatic carbocycles. The molecule has 0 heterocycles. The van der Waals surface area contributed by atoms with Gasteiger partial charge in [0.2, 0.25) is 5.91 Å². The normalized spacial score (nSPS) is 11.7. The number of esters is 1. The summed E-state index contributed by atoms with van der Waals surface area (Å²) in [5.74, 6) is -1.68. The number of nitrogens with one attached hydrogen (secondary N) is 2. The summed E-state index contributed by atoms with van der Waals surface area (Å²) < 4.78 is 5.08. The van der Waals surface area contributed by atoms with Crippen LogP contribution in [0.4, 0.5) is 11.4 Å². The molecule has 0 saturated heterocycles. The standard InChI is InChI=1S/C21H18ClN3O4/c1-13(20(27)25-19-9-7-18(8-10-19)24-14(2)26)29-21(28)16(12-23)11-15-3-5-17(22)6-4-15/h3-11,13H,1-2H3,(H,24,26)(H,25,27)/b16-11+/t13-/m1/s1. The molecule has 2 rings (SSSR count). The van der Waals surface area contributed by atoms with Crippen molar-refractivity contribution in [3.8, 4) is 6.07 Å². The maximum absolute atomic E-state index is 12.2. The van der Waals surface area contributed by atoms with E-state index in [4.69, 9.17) is 16.3 Å². The van der Waals surface area contributed by atoms with Gasteiger partial charge in [0.25, 0.3) is 5.91 Å². The fraction of sp³-hybridized carbons (Fsp3) is 0.143. The van der Waals surface area contributed by atoms with Crippen LogP contribution in [0.15, 0.2) is 54.1 Å². The van der Waals surface area contributed by atoms with Crippen molar-refractivity contribution in [2.24, 2.45) is 0 Å². The number of ether oxygens (including phenoxy) is 1. The molecular weight excluding hydrogens is 394 g/mol. The Hall–Kier alpha value is -3.63. The van der Waals surface area contributed by atoms with Crippen LogP contribution in [0.25, 0.3) is 6.08 Å². The zero-order chi connectivity index (χ0) is 21.4. The van der Waals surface area contributed by atoms with Gasteiger partial charge in [0, 0.05) is 23.3 Å². The van der Waals surface area contributed by atoms with E-state index in [1.54, 1.807) is 54.6 Å². The van der Waals surface area contributed by atoms with Gasteiger partial charge >= 0.3 is 5.97 Å². The number of benzene rings is 2. The van der Waals surface area contributed by atoms with Crippen molar-refractivity contribution in [3.63, 3.8) is 0 Å². The third-order valence-corrected chi connectivity index (χ3v) is 3.90. The molecule has 0 aliphatic carbocycles. The van der Waals surface area contributed by atoms with E-state index < -0.39 is 18.0 Å². The molecule has 7 nitrogen and oxygen atoms in total. The van der Waals surface area contributed by atoms with Gasteiger partial charge in [-0.15, -0.1) is 0 Å². The minimum atomic E-state index is -1.13. The van der Waals surface area contributed by atoms with Crippen molar-refractivity contribution in [2.45, 2.75) is 20.0 Å². The number of anilines is 2. The van der Waals surface area contributed by atoms with Crippen LogP contribution in [-0.4, -0.2) is 23.9 Å². The van der Waals surface area contributed by atoms with Crippen LogP contribution in [0, 0.1) is 11.3 Å². The topological polar surface area (TPSA) is 108 Å². The molecule has 0 saturated carbocycles. The monoisotopic (exact) mass is 411 g/mol. The zero-order valence-electron chi connectivity index (χ0n) is 15.7. The van der Waals surface area contributed by atoms with Gasteiger partial charge in [0.15, 0.2) is 6.10 Å². The van der Waals surface area contributed by atoms with E-state index in [9.17, 15) is 19.6 Å². The predicted molar refractivity (Wildman–Crippen MR) is 110 cm³/mol. The fourth-order valence-corrected chi connectivity index (χ4v) is 2.35. The molecule has 29 heavy (non-hydrogen) atoms. The number of halogens is 1. The fourth-order valence-electron chi connectivity index (χ4n) is 2.22. The van der Waals surface area contributed by atoms with Gasteiger partial charge in [0.05, 0.1) is 0 Å². The lowest BCUT2D eigenvalue weighted by molar-refractivity contribution is -0.148. The van der Waals surface area contributed by atoms with Gasteiger partial charge in [-0.05, 0) is 55.0 Å². The van der Waals surface area contributed by atoms with Crippen LogP contribution in [-0.2, 0) is 19.1 Å². The van der Waals surface area contributed by atoms with Crippen molar-refractivity contribution >= 4 is 46.8 Å². The highest BCUT2D eigenvalue weighted by Crippen LogP contribution is 2.15. The molecule has 0 fully saturated rings. The number of amides is 2. The molecule has 8 heteroatoms. The SMILES string of the molecule is CC(=O)Nc1ccc(NC(=O)[C@@H](C)OC(=O)/C(C#N)=C/c2ccc(Cl)cc2)cc1. The maximum Gasteiger partial charge on any atom is 0.349 e. The van der Waals surface area contributed by atoms with Crippen LogP contribution in [0.5, 0.6) is 0 Å². The summed E-state index contributed by atoms with van der Waals surface area (Å²) in [7, 11) is 0. The first kappa shape index (κ1) is 21.7. The molecule has 0 radical (unpaired) electrons. The molecule has 0 bridgehead atoms. The Balaban J connectivity index is 1.98. The lowest BCUT2D eigenvalue weighted by atomic mass is 10.1. The summed E-state index contributed by atoms with van der Waals surface area (Å²) in [6.45, 7) is 2.79. The summed E-state index contributed by atoms with van der Waals surface area (Å²) in [6.07, 6.45) is 0.226. The van der Waals surface area contributed by atoms with E-state index in [1.165, 1.54) is 19.9 Å². The first-order valence-electron chi connectivity index (χ1n) is 8.55. The quantitative estimate of drug-likeness (QED) is 0.427. The molecule has 2 amide bonds. The highest BCUT2D eigenvalue weighted by molar-refractivity contribution is 6.30. The molecule has 0 aliphatic rings. The van der Waals surface area contributed by atoms with E-state index in [0.29, 0.717) is 22.0 Å². The highest BCUT2D eigenvalue weighted by atomic mass is 35.5. The van der Waals surface area contributed by atoms with Gasteiger partial charge in [-0.3, -0.25) is 9.59 Å². The predicted octanol–water partition coefficient (Wildman–Crippen LogP) is 3.78. The average Bonchev–Trinajstić information content (AvgIpc) is 2.68. The molecule has 2 N–H and O–H groups in total. The Kier molecular flexibility index (Phi) is 7.52. The number of nitriles is 1. The number of carbonyl (C=O) groups excluding carboxylic acids is 3. The van der Waals surface area contributed by atoms with E-state index in [-0.39, 0.29) is 11.5 Å². The summed E-state index contributed by atoms with van der Waals surface area (Å²) in [5.41, 5.74) is 1.40. The maximum atomic E-state index is 12.2. The number of carbonyl (C=O) groups is 3. The Morgan fingerprint density at radius 1 is 1.03 bits per heavy atom. The Morgan fingerprint density at radius 3 is 2.10 bits per heavy atom. The van der Waals surface area contributed by atoms with Crippen molar-refractivity contribution in [1.82, 2.24) is 0 Å². The number of rotatable bonds is 6. The molecule has 0 aliphatic heterocycles. The van der Waals surface area contributed by atoms with Crippen LogP contribution >= 0.6 is 11.6 Å². The first-order valence-corrected chi connectivity index (χ1v) is 8.93. The minimum absolute atomic E-state index is 0.206. The van der Waals surface area contributed by atoms with E-state index in [0.717, 1.165) is 0 Å². The highest BCUT2D eigenvalue weighted by Gasteiger charge is 2.20. The number of hydrogen-bond donors (Lipinski definition) is 2. The van der Waals surface area contributed by atoms with E-state index >= 15 is 0 Å². The van der Waals surface area contributed by atoms with Crippen molar-refractivity contribution in [1.29, 1.82) is 5.26 Å². The largest absolute Gasteiger partial charge is 0.448 e. The Bertz CT molecular complexity index is 976. The second-order valence-electron chi connectivity index (χ2n) is 6.02. The second kappa shape index (κ2) is 10.1. The van der Waals surface area contributed by atoms with Gasteiger partial charge < -0.3 is 15.4 Å². The molecule has 2 aromatic rings. The Labute approximate surface area is 172 Å². The number of nitrogens with zero attached hydrogens (tertiary/aromatic N) is 1. The zero-order valence-corrected chi connectivity index (χ0v) is 16.5. The Morgan fingerprint density at radius 2 is 1.59 bits per heavy atom. The number of hydrogen-bond acceptors (Lipinski definition) is 5. The van der Waals surface area contributed by atoms with E-state index in [1.807, 2.05) is 0 Å². The average molecular weight is 412 g/mol. The van der Waals surface area contributed by atoms with Crippen molar-refractivity contribution in [3.05, 3.63) is 64.7 Å². The molecule has 1 atom stereocenters. The van der Waals surface area contributed by atoms with Gasteiger partial charge in [-0.2, -0.15) is 5.26 Å². The molecule has 0 aromatic heterocycles. The molecule has 0 spiro atoms. The van der Waals surface area contributed by atoms with Gasteiger partial charge in [0.1, 0.15) is 11.6 Å². The van der Waals surface area contributed by atoms with Crippen LogP contribution < -0.4 is 10.6 Å². The van der Waals surface area contributed by atoms with E-state index in [2.05, 4.69) is 10.6 Å². The third-order valence-electron chi connectivity index (χ3n) is 3.65. The third kappa shape index (κ3) is 6.79. The molecular formula is C21H18ClN3O4.